The highest BCUT2D eigenvalue weighted by molar-refractivity contribution is 6.10. The lowest BCUT2D eigenvalue weighted by atomic mass is 9.98. The molecule has 0 saturated heterocycles. The Morgan fingerprint density at radius 1 is 1.03 bits per heavy atom. The van der Waals surface area contributed by atoms with Crippen LogP contribution in [0.15, 0.2) is 60.9 Å². The molecule has 0 fully saturated rings. The Labute approximate surface area is 197 Å². The van der Waals surface area contributed by atoms with Crippen LogP contribution >= 0.6 is 0 Å². The van der Waals surface area contributed by atoms with E-state index in [4.69, 9.17) is 0 Å². The zero-order valence-corrected chi connectivity index (χ0v) is 18.3. The molecule has 0 spiro atoms. The molecule has 178 valence electrons. The highest BCUT2D eigenvalue weighted by atomic mass is 19.4. The topological polar surface area (TPSA) is 71.2 Å². The second-order valence-electron chi connectivity index (χ2n) is 8.22. The van der Waals surface area contributed by atoms with Crippen molar-refractivity contribution in [2.24, 2.45) is 7.05 Å². The Bertz CT molecular complexity index is 1460. The van der Waals surface area contributed by atoms with Gasteiger partial charge in [0.05, 0.1) is 18.7 Å². The summed E-state index contributed by atoms with van der Waals surface area (Å²) in [6, 6.07) is 13.1. The highest BCUT2D eigenvalue weighted by Gasteiger charge is 2.40. The van der Waals surface area contributed by atoms with Crippen LogP contribution in [0.25, 0.3) is 22.5 Å². The van der Waals surface area contributed by atoms with Crippen molar-refractivity contribution < 1.29 is 27.5 Å². The highest BCUT2D eigenvalue weighted by Crippen LogP contribution is 2.40. The fourth-order valence-electron chi connectivity index (χ4n) is 4.34. The molecule has 35 heavy (non-hydrogen) atoms. The van der Waals surface area contributed by atoms with E-state index in [2.05, 4.69) is 10.2 Å². The minimum atomic E-state index is -4.67. The standard InChI is InChI=1S/C25H18F4N4O2/c1-32-13-30-31-23(32)19-10-16(26)5-6-18(19)15-3-2-4-17(9-15)33-11-21-20(24(33)35)7-14(12-34)8-22(21)25(27,28)29/h2-10,13,34H,11-12H2,1H3. The number of nitrogens with zero attached hydrogens (tertiary/aromatic N) is 4. The van der Waals surface area contributed by atoms with Gasteiger partial charge in [-0.15, -0.1) is 10.2 Å². The van der Waals surface area contributed by atoms with Gasteiger partial charge in [-0.2, -0.15) is 13.2 Å². The first kappa shape index (κ1) is 22.7. The summed E-state index contributed by atoms with van der Waals surface area (Å²) in [6.07, 6.45) is -3.19. The summed E-state index contributed by atoms with van der Waals surface area (Å²) in [7, 11) is 1.72. The molecule has 0 atom stereocenters. The molecule has 10 heteroatoms. The molecule has 0 bridgehead atoms. The van der Waals surface area contributed by atoms with Gasteiger partial charge in [0.25, 0.3) is 5.91 Å². The molecule has 0 saturated carbocycles. The fourth-order valence-corrected chi connectivity index (χ4v) is 4.34. The lowest BCUT2D eigenvalue weighted by molar-refractivity contribution is -0.138. The van der Waals surface area contributed by atoms with Gasteiger partial charge in [-0.05, 0) is 58.7 Å². The molecule has 0 radical (unpaired) electrons. The maximum absolute atomic E-state index is 14.1. The Kier molecular flexibility index (Phi) is 5.40. The van der Waals surface area contributed by atoms with Gasteiger partial charge in [0.15, 0.2) is 5.82 Å². The fraction of sp³-hybridized carbons (Fsp3) is 0.160. The van der Waals surface area contributed by atoms with Gasteiger partial charge in [0.1, 0.15) is 12.1 Å². The summed E-state index contributed by atoms with van der Waals surface area (Å²) in [5, 5.41) is 17.3. The molecule has 1 amide bonds. The number of rotatable bonds is 4. The van der Waals surface area contributed by atoms with Crippen LogP contribution in [0, 0.1) is 5.82 Å². The third-order valence-electron chi connectivity index (χ3n) is 5.99. The van der Waals surface area contributed by atoms with E-state index in [0.29, 0.717) is 28.2 Å². The first-order chi connectivity index (χ1) is 16.7. The van der Waals surface area contributed by atoms with Gasteiger partial charge in [0, 0.05) is 23.9 Å². The Morgan fingerprint density at radius 3 is 2.51 bits per heavy atom. The van der Waals surface area contributed by atoms with E-state index >= 15 is 0 Å². The summed E-state index contributed by atoms with van der Waals surface area (Å²) < 4.78 is 56.8. The Hall–Kier alpha value is -4.05. The van der Waals surface area contributed by atoms with E-state index < -0.39 is 30.1 Å². The molecule has 1 N–H and O–H groups in total. The van der Waals surface area contributed by atoms with Crippen LogP contribution in [0.4, 0.5) is 23.2 Å². The average Bonchev–Trinajstić information content (AvgIpc) is 3.40. The number of anilines is 1. The first-order valence-electron chi connectivity index (χ1n) is 10.6. The lowest BCUT2D eigenvalue weighted by Gasteiger charge is -2.18. The van der Waals surface area contributed by atoms with Crippen LogP contribution in [0.2, 0.25) is 0 Å². The van der Waals surface area contributed by atoms with Crippen molar-refractivity contribution in [1.82, 2.24) is 14.8 Å². The number of aromatic nitrogens is 3. The molecule has 1 aliphatic heterocycles. The number of carbonyl (C=O) groups is 1. The van der Waals surface area contributed by atoms with E-state index in [-0.39, 0.29) is 23.2 Å². The number of fused-ring (bicyclic) bond motifs is 1. The molecular weight excluding hydrogens is 464 g/mol. The summed E-state index contributed by atoms with van der Waals surface area (Å²) in [5.41, 5.74) is 0.959. The quantitative estimate of drug-likeness (QED) is 0.418. The summed E-state index contributed by atoms with van der Waals surface area (Å²) in [4.78, 5) is 14.4. The number of hydrogen-bond acceptors (Lipinski definition) is 4. The molecule has 0 unspecified atom stereocenters. The predicted octanol–water partition coefficient (Wildman–Crippen LogP) is 4.96. The monoisotopic (exact) mass is 482 g/mol. The number of aliphatic hydroxyl groups excluding tert-OH is 1. The largest absolute Gasteiger partial charge is 0.416 e. The van der Waals surface area contributed by atoms with Crippen molar-refractivity contribution in [1.29, 1.82) is 0 Å². The SMILES string of the molecule is Cn1cnnc1-c1cc(F)ccc1-c1cccc(N2Cc3c(cc(CO)cc3C(F)(F)F)C2=O)c1. The van der Waals surface area contributed by atoms with Crippen molar-refractivity contribution in [3.05, 3.63) is 89.0 Å². The number of hydrogen-bond donors (Lipinski definition) is 1. The van der Waals surface area contributed by atoms with Gasteiger partial charge >= 0.3 is 6.18 Å². The molecular formula is C25H18F4N4O2. The van der Waals surface area contributed by atoms with Crippen LogP contribution in [0.5, 0.6) is 0 Å². The summed E-state index contributed by atoms with van der Waals surface area (Å²) >= 11 is 0. The second kappa shape index (κ2) is 8.31. The number of carbonyl (C=O) groups excluding carboxylic acids is 1. The van der Waals surface area contributed by atoms with E-state index in [1.54, 1.807) is 41.9 Å². The van der Waals surface area contributed by atoms with E-state index in [1.807, 2.05) is 0 Å². The van der Waals surface area contributed by atoms with Crippen molar-refractivity contribution in [3.8, 4) is 22.5 Å². The van der Waals surface area contributed by atoms with Gasteiger partial charge in [-0.3, -0.25) is 4.79 Å². The number of aryl methyl sites for hydroxylation is 1. The third-order valence-corrected chi connectivity index (χ3v) is 5.99. The normalized spacial score (nSPS) is 13.4. The zero-order chi connectivity index (χ0) is 24.9. The van der Waals surface area contributed by atoms with Gasteiger partial charge < -0.3 is 14.6 Å². The molecule has 1 aliphatic rings. The first-order valence-corrected chi connectivity index (χ1v) is 10.6. The van der Waals surface area contributed by atoms with E-state index in [9.17, 15) is 27.5 Å². The summed E-state index contributed by atoms with van der Waals surface area (Å²) in [5.74, 6) is -0.626. The van der Waals surface area contributed by atoms with Gasteiger partial charge in [0.2, 0.25) is 0 Å². The van der Waals surface area contributed by atoms with Crippen LogP contribution in [0.1, 0.15) is 27.0 Å². The average molecular weight is 482 g/mol. The van der Waals surface area contributed by atoms with Crippen molar-refractivity contribution >= 4 is 11.6 Å². The summed E-state index contributed by atoms with van der Waals surface area (Å²) in [6.45, 7) is -0.883. The minimum Gasteiger partial charge on any atom is -0.392 e. The van der Waals surface area contributed by atoms with Gasteiger partial charge in [-0.25, -0.2) is 4.39 Å². The predicted molar refractivity (Wildman–Crippen MR) is 120 cm³/mol. The number of amides is 1. The Balaban J connectivity index is 1.58. The van der Waals surface area contributed by atoms with E-state index in [0.717, 1.165) is 6.07 Å². The molecule has 4 aromatic rings. The van der Waals surface area contributed by atoms with E-state index in [1.165, 1.54) is 29.4 Å². The van der Waals surface area contributed by atoms with Crippen molar-refractivity contribution in [2.45, 2.75) is 19.3 Å². The van der Waals surface area contributed by atoms with Crippen LogP contribution < -0.4 is 4.90 Å². The molecule has 5 rings (SSSR count). The number of aliphatic hydroxyl groups is 1. The third kappa shape index (κ3) is 3.95. The van der Waals surface area contributed by atoms with Crippen LogP contribution in [-0.2, 0) is 26.4 Å². The zero-order valence-electron chi connectivity index (χ0n) is 18.3. The van der Waals surface area contributed by atoms with Crippen LogP contribution in [0.3, 0.4) is 0 Å². The van der Waals surface area contributed by atoms with Crippen molar-refractivity contribution in [3.63, 3.8) is 0 Å². The molecule has 0 aliphatic carbocycles. The Morgan fingerprint density at radius 2 is 1.83 bits per heavy atom. The molecule has 3 aromatic carbocycles. The second-order valence-corrected chi connectivity index (χ2v) is 8.22. The molecule has 6 nitrogen and oxygen atoms in total. The lowest BCUT2D eigenvalue weighted by Crippen LogP contribution is -2.23. The minimum absolute atomic E-state index is 0.0136. The van der Waals surface area contributed by atoms with Gasteiger partial charge in [-0.1, -0.05) is 18.2 Å². The van der Waals surface area contributed by atoms with Crippen molar-refractivity contribution in [2.75, 3.05) is 4.90 Å². The molecule has 2 heterocycles. The maximum Gasteiger partial charge on any atom is 0.416 e. The number of halogens is 4. The smallest absolute Gasteiger partial charge is 0.392 e. The van der Waals surface area contributed by atoms with Crippen LogP contribution in [-0.4, -0.2) is 25.8 Å². The maximum atomic E-state index is 14.1. The molecule has 1 aromatic heterocycles. The number of alkyl halides is 3. The number of benzene rings is 3.